The molecule has 0 saturated heterocycles. The minimum atomic E-state index is 0.610. The lowest BCUT2D eigenvalue weighted by atomic mass is 9.95. The van der Waals surface area contributed by atoms with Gasteiger partial charge in [0.05, 0.1) is 0 Å². The maximum absolute atomic E-state index is 2.35. The van der Waals surface area contributed by atoms with Gasteiger partial charge in [-0.1, -0.05) is 83.0 Å². The summed E-state index contributed by atoms with van der Waals surface area (Å²) in [6.07, 6.45) is 4.92. The lowest BCUT2D eigenvalue weighted by molar-refractivity contribution is 0.665. The van der Waals surface area contributed by atoms with Gasteiger partial charge in [-0.2, -0.15) is 0 Å². The van der Waals surface area contributed by atoms with E-state index in [1.807, 2.05) is 0 Å². The number of hydrogen-bond acceptors (Lipinski definition) is 1. The van der Waals surface area contributed by atoms with Crippen molar-refractivity contribution < 1.29 is 0 Å². The average Bonchev–Trinajstić information content (AvgIpc) is 2.76. The number of anilines is 3. The Kier molecular flexibility index (Phi) is 7.52. The summed E-state index contributed by atoms with van der Waals surface area (Å²) in [7, 11) is 0. The first-order valence-electron chi connectivity index (χ1n) is 11.2. The molecular formula is C28H35N. The summed E-state index contributed by atoms with van der Waals surface area (Å²) in [5.74, 6) is 1.22. The highest BCUT2D eigenvalue weighted by molar-refractivity contribution is 5.76. The van der Waals surface area contributed by atoms with E-state index in [1.165, 1.54) is 53.9 Å². The van der Waals surface area contributed by atoms with E-state index in [4.69, 9.17) is 0 Å². The van der Waals surface area contributed by atoms with Crippen LogP contribution in [0, 0.1) is 0 Å². The van der Waals surface area contributed by atoms with E-state index in [0.717, 1.165) is 0 Å². The molecule has 0 fully saturated rings. The van der Waals surface area contributed by atoms with Gasteiger partial charge < -0.3 is 4.90 Å². The molecule has 0 saturated carbocycles. The highest BCUT2D eigenvalue weighted by Gasteiger charge is 2.14. The fourth-order valence-electron chi connectivity index (χ4n) is 4.13. The molecule has 1 nitrogen and oxygen atoms in total. The van der Waals surface area contributed by atoms with Crippen LogP contribution in [0.3, 0.4) is 0 Å². The van der Waals surface area contributed by atoms with E-state index in [0.29, 0.717) is 11.8 Å². The van der Waals surface area contributed by atoms with Crippen LogP contribution in [0.5, 0.6) is 0 Å². The Hall–Kier alpha value is -2.54. The van der Waals surface area contributed by atoms with Crippen LogP contribution in [-0.4, -0.2) is 0 Å². The van der Waals surface area contributed by atoms with Crippen molar-refractivity contribution in [2.24, 2.45) is 0 Å². The Balaban J connectivity index is 1.94. The molecule has 0 aliphatic carbocycles. The second-order valence-electron chi connectivity index (χ2n) is 8.23. The summed E-state index contributed by atoms with van der Waals surface area (Å²) in [6.45, 7) is 9.16. The van der Waals surface area contributed by atoms with Gasteiger partial charge in [-0.15, -0.1) is 0 Å². The molecule has 2 atom stereocenters. The number of para-hydroxylation sites is 1. The molecule has 0 bridgehead atoms. The smallest absolute Gasteiger partial charge is 0.0461 e. The third-order valence-electron chi connectivity index (χ3n) is 5.90. The lowest BCUT2D eigenvalue weighted by Gasteiger charge is -2.26. The largest absolute Gasteiger partial charge is 0.311 e. The van der Waals surface area contributed by atoms with Crippen LogP contribution in [-0.2, 0) is 0 Å². The molecule has 0 aliphatic rings. The molecule has 3 aromatic rings. The van der Waals surface area contributed by atoms with Gasteiger partial charge in [-0.05, 0) is 72.2 Å². The molecule has 0 spiro atoms. The van der Waals surface area contributed by atoms with Gasteiger partial charge in [0.1, 0.15) is 0 Å². The Bertz CT molecular complexity index is 794. The van der Waals surface area contributed by atoms with E-state index >= 15 is 0 Å². The predicted octanol–water partition coefficient (Wildman–Crippen LogP) is 8.96. The molecule has 2 unspecified atom stereocenters. The Morgan fingerprint density at radius 1 is 0.552 bits per heavy atom. The minimum absolute atomic E-state index is 0.610. The van der Waals surface area contributed by atoms with Crippen molar-refractivity contribution >= 4 is 17.1 Å². The van der Waals surface area contributed by atoms with E-state index in [9.17, 15) is 0 Å². The molecule has 3 aromatic carbocycles. The normalized spacial score (nSPS) is 13.1. The van der Waals surface area contributed by atoms with E-state index < -0.39 is 0 Å². The van der Waals surface area contributed by atoms with Crippen molar-refractivity contribution in [2.75, 3.05) is 4.90 Å². The zero-order valence-electron chi connectivity index (χ0n) is 18.4. The summed E-state index contributed by atoms with van der Waals surface area (Å²) in [4.78, 5) is 2.35. The Morgan fingerprint density at radius 3 is 1.31 bits per heavy atom. The molecule has 0 heterocycles. The van der Waals surface area contributed by atoms with Crippen LogP contribution < -0.4 is 4.90 Å². The quantitative estimate of drug-likeness (QED) is 0.355. The van der Waals surface area contributed by atoms with Gasteiger partial charge in [0.25, 0.3) is 0 Å². The van der Waals surface area contributed by atoms with Crippen LogP contribution in [0.15, 0.2) is 78.9 Å². The number of nitrogens with zero attached hydrogens (tertiary/aromatic N) is 1. The maximum Gasteiger partial charge on any atom is 0.0461 e. The summed E-state index contributed by atoms with van der Waals surface area (Å²) in [6, 6.07) is 28.9. The van der Waals surface area contributed by atoms with Crippen molar-refractivity contribution in [1.82, 2.24) is 0 Å². The van der Waals surface area contributed by atoms with Gasteiger partial charge in [-0.25, -0.2) is 0 Å². The van der Waals surface area contributed by atoms with E-state index in [1.54, 1.807) is 0 Å². The van der Waals surface area contributed by atoms with Crippen LogP contribution in [0.4, 0.5) is 17.1 Å². The zero-order chi connectivity index (χ0) is 20.6. The van der Waals surface area contributed by atoms with Crippen molar-refractivity contribution in [3.63, 3.8) is 0 Å². The molecule has 29 heavy (non-hydrogen) atoms. The van der Waals surface area contributed by atoms with Crippen LogP contribution in [0.2, 0.25) is 0 Å². The van der Waals surface area contributed by atoms with Gasteiger partial charge in [0.15, 0.2) is 0 Å². The minimum Gasteiger partial charge on any atom is -0.311 e. The summed E-state index contributed by atoms with van der Waals surface area (Å²) in [5, 5.41) is 0. The standard InChI is InChI=1S/C28H35N/c1-5-10-22(3)24-14-18-27(19-15-24)29(26-12-8-7-9-13-26)28-20-16-25(17-21-28)23(4)11-6-2/h7-9,12-23H,5-6,10-11H2,1-4H3. The van der Waals surface area contributed by atoms with E-state index in [-0.39, 0.29) is 0 Å². The van der Waals surface area contributed by atoms with Crippen molar-refractivity contribution in [2.45, 2.75) is 65.2 Å². The molecule has 0 aliphatic heterocycles. The lowest BCUT2D eigenvalue weighted by Crippen LogP contribution is -2.10. The van der Waals surface area contributed by atoms with Gasteiger partial charge in [0, 0.05) is 17.1 Å². The molecule has 0 N–H and O–H groups in total. The van der Waals surface area contributed by atoms with Gasteiger partial charge in [0.2, 0.25) is 0 Å². The Morgan fingerprint density at radius 2 is 0.931 bits per heavy atom. The average molecular weight is 386 g/mol. The monoisotopic (exact) mass is 385 g/mol. The molecule has 3 rings (SSSR count). The van der Waals surface area contributed by atoms with Crippen LogP contribution in [0.25, 0.3) is 0 Å². The van der Waals surface area contributed by atoms with Crippen molar-refractivity contribution in [3.05, 3.63) is 90.0 Å². The molecule has 152 valence electrons. The van der Waals surface area contributed by atoms with Crippen molar-refractivity contribution in [3.8, 4) is 0 Å². The SMILES string of the molecule is CCCC(C)c1ccc(N(c2ccccc2)c2ccc(C(C)CCC)cc2)cc1. The summed E-state index contributed by atoms with van der Waals surface area (Å²) < 4.78 is 0. The van der Waals surface area contributed by atoms with Crippen molar-refractivity contribution in [1.29, 1.82) is 0 Å². The summed E-state index contributed by atoms with van der Waals surface area (Å²) >= 11 is 0. The third-order valence-corrected chi connectivity index (χ3v) is 5.90. The van der Waals surface area contributed by atoms with Gasteiger partial charge >= 0.3 is 0 Å². The molecule has 0 aromatic heterocycles. The second kappa shape index (κ2) is 10.3. The maximum atomic E-state index is 2.35. The highest BCUT2D eigenvalue weighted by atomic mass is 15.1. The highest BCUT2D eigenvalue weighted by Crippen LogP contribution is 2.36. The van der Waals surface area contributed by atoms with E-state index in [2.05, 4.69) is 111 Å². The topological polar surface area (TPSA) is 3.24 Å². The number of rotatable bonds is 9. The van der Waals surface area contributed by atoms with Crippen LogP contribution in [0.1, 0.15) is 76.3 Å². The third kappa shape index (κ3) is 5.29. The molecule has 0 radical (unpaired) electrons. The first-order chi connectivity index (χ1) is 14.1. The summed E-state index contributed by atoms with van der Waals surface area (Å²) in [5.41, 5.74) is 6.45. The first kappa shape index (κ1) is 21.2. The predicted molar refractivity (Wildman–Crippen MR) is 128 cm³/mol. The number of benzene rings is 3. The Labute approximate surface area is 177 Å². The second-order valence-corrected chi connectivity index (χ2v) is 8.23. The number of hydrogen-bond donors (Lipinski definition) is 0. The fraction of sp³-hybridized carbons (Fsp3) is 0.357. The molecule has 0 amide bonds. The molecular weight excluding hydrogens is 350 g/mol. The zero-order valence-corrected chi connectivity index (χ0v) is 18.4. The fourth-order valence-corrected chi connectivity index (χ4v) is 4.13. The first-order valence-corrected chi connectivity index (χ1v) is 11.2. The molecule has 1 heteroatoms. The van der Waals surface area contributed by atoms with Gasteiger partial charge in [-0.3, -0.25) is 0 Å². The van der Waals surface area contributed by atoms with Crippen LogP contribution >= 0.6 is 0 Å².